The van der Waals surface area contributed by atoms with E-state index in [-0.39, 0.29) is 23.3 Å². The second kappa shape index (κ2) is 4.68. The molecule has 0 fully saturated rings. The van der Waals surface area contributed by atoms with Crippen LogP contribution in [0, 0.1) is 5.82 Å². The van der Waals surface area contributed by atoms with Crippen LogP contribution >= 0.6 is 0 Å². The molecule has 1 aliphatic rings. The summed E-state index contributed by atoms with van der Waals surface area (Å²) in [6, 6.07) is 1.07. The third-order valence-electron chi connectivity index (χ3n) is 3.10. The predicted molar refractivity (Wildman–Crippen MR) is 62.0 cm³/mol. The molecule has 0 unspecified atom stereocenters. The zero-order valence-corrected chi connectivity index (χ0v) is 9.66. The molecule has 0 bridgehead atoms. The van der Waals surface area contributed by atoms with Crippen molar-refractivity contribution in [1.29, 1.82) is 0 Å². The Hall–Kier alpha value is -2.04. The second-order valence-corrected chi connectivity index (χ2v) is 4.32. The first-order valence-electron chi connectivity index (χ1n) is 5.65. The number of fused-ring (bicyclic) bond motifs is 1. The number of aldehydes is 1. The number of halogens is 1. The largest absolute Gasteiger partial charge is 0.369 e. The Morgan fingerprint density at radius 3 is 2.78 bits per heavy atom. The predicted octanol–water partition coefficient (Wildman–Crippen LogP) is 1.19. The summed E-state index contributed by atoms with van der Waals surface area (Å²) in [7, 11) is 0. The Morgan fingerprint density at radius 2 is 2.17 bits per heavy atom. The molecule has 1 aromatic carbocycles. The Labute approximate surface area is 103 Å². The molecule has 0 aliphatic heterocycles. The van der Waals surface area contributed by atoms with Crippen LogP contribution in [0.3, 0.4) is 0 Å². The zero-order valence-electron chi connectivity index (χ0n) is 9.66. The summed E-state index contributed by atoms with van der Waals surface area (Å²) in [5.41, 5.74) is 6.01. The van der Waals surface area contributed by atoms with Crippen LogP contribution in [0.2, 0.25) is 0 Å². The number of carbonyl (C=O) groups excluding carboxylic acids is 3. The maximum Gasteiger partial charge on any atom is 0.221 e. The smallest absolute Gasteiger partial charge is 0.221 e. The number of carbonyl (C=O) groups is 3. The van der Waals surface area contributed by atoms with Gasteiger partial charge in [-0.25, -0.2) is 4.39 Å². The summed E-state index contributed by atoms with van der Waals surface area (Å²) in [5.74, 6) is -1.49. The topological polar surface area (TPSA) is 77.2 Å². The fourth-order valence-electron chi connectivity index (χ4n) is 2.39. The lowest BCUT2D eigenvalue weighted by Crippen LogP contribution is -2.21. The summed E-state index contributed by atoms with van der Waals surface area (Å²) >= 11 is 0. The van der Waals surface area contributed by atoms with Crippen LogP contribution in [0.25, 0.3) is 0 Å². The SMILES string of the molecule is NC(=O)Cc1cc(F)c(C=O)c2c1C(=O)CCC2. The molecule has 2 N–H and O–H groups in total. The Bertz CT molecular complexity index is 552. The molecule has 1 aliphatic carbocycles. The van der Waals surface area contributed by atoms with E-state index in [1.165, 1.54) is 0 Å². The molecule has 0 atom stereocenters. The van der Waals surface area contributed by atoms with Crippen molar-refractivity contribution < 1.29 is 18.8 Å². The minimum absolute atomic E-state index is 0.0775. The fourth-order valence-corrected chi connectivity index (χ4v) is 2.39. The minimum Gasteiger partial charge on any atom is -0.369 e. The van der Waals surface area contributed by atoms with Crippen LogP contribution in [0.4, 0.5) is 4.39 Å². The summed E-state index contributed by atoms with van der Waals surface area (Å²) in [5, 5.41) is 0. The standard InChI is InChI=1S/C13H12FNO3/c14-10-4-7(5-12(15)18)13-8(9(10)6-16)2-1-3-11(13)17/h4,6H,1-3,5H2,(H2,15,18). The lowest BCUT2D eigenvalue weighted by Gasteiger charge is -2.20. The van der Waals surface area contributed by atoms with Crippen LogP contribution in [-0.2, 0) is 17.6 Å². The van der Waals surface area contributed by atoms with Crippen molar-refractivity contribution in [3.63, 3.8) is 0 Å². The number of hydrogen-bond acceptors (Lipinski definition) is 3. The van der Waals surface area contributed by atoms with Gasteiger partial charge in [0.25, 0.3) is 0 Å². The van der Waals surface area contributed by atoms with Crippen LogP contribution in [0.15, 0.2) is 6.07 Å². The van der Waals surface area contributed by atoms with E-state index >= 15 is 0 Å². The molecule has 0 saturated heterocycles. The van der Waals surface area contributed by atoms with Crippen molar-refractivity contribution in [2.75, 3.05) is 0 Å². The minimum atomic E-state index is -0.699. The van der Waals surface area contributed by atoms with Crippen molar-refractivity contribution >= 4 is 18.0 Å². The molecule has 0 aromatic heterocycles. The second-order valence-electron chi connectivity index (χ2n) is 4.32. The van der Waals surface area contributed by atoms with E-state index in [1.54, 1.807) is 0 Å². The van der Waals surface area contributed by atoms with Gasteiger partial charge in [0.2, 0.25) is 5.91 Å². The number of amides is 1. The fraction of sp³-hybridized carbons (Fsp3) is 0.308. The van der Waals surface area contributed by atoms with Crippen LogP contribution in [0.1, 0.15) is 44.7 Å². The lowest BCUT2D eigenvalue weighted by molar-refractivity contribution is -0.117. The highest BCUT2D eigenvalue weighted by Crippen LogP contribution is 2.29. The summed E-state index contributed by atoms with van der Waals surface area (Å²) in [6.45, 7) is 0. The third kappa shape index (κ3) is 2.03. The first-order valence-corrected chi connectivity index (χ1v) is 5.65. The Kier molecular flexibility index (Phi) is 3.23. The molecule has 4 nitrogen and oxygen atoms in total. The van der Waals surface area contributed by atoms with Gasteiger partial charge in [0, 0.05) is 12.0 Å². The van der Waals surface area contributed by atoms with E-state index in [0.717, 1.165) is 6.07 Å². The van der Waals surface area contributed by atoms with Gasteiger partial charge in [-0.2, -0.15) is 0 Å². The molecule has 94 valence electrons. The van der Waals surface area contributed by atoms with Gasteiger partial charge in [0.1, 0.15) is 5.82 Å². The van der Waals surface area contributed by atoms with Crippen LogP contribution in [-0.4, -0.2) is 18.0 Å². The molecule has 2 rings (SSSR count). The zero-order chi connectivity index (χ0) is 13.3. The van der Waals surface area contributed by atoms with Crippen molar-refractivity contribution in [1.82, 2.24) is 0 Å². The maximum atomic E-state index is 13.7. The molecule has 18 heavy (non-hydrogen) atoms. The number of Topliss-reactive ketones (excluding diaryl/α,β-unsaturated/α-hetero) is 1. The van der Waals surface area contributed by atoms with Crippen molar-refractivity contribution in [2.24, 2.45) is 5.73 Å². The quantitative estimate of drug-likeness (QED) is 0.817. The van der Waals surface area contributed by atoms with Gasteiger partial charge in [0.05, 0.1) is 12.0 Å². The maximum absolute atomic E-state index is 13.7. The van der Waals surface area contributed by atoms with E-state index in [4.69, 9.17) is 5.73 Å². The third-order valence-corrected chi connectivity index (χ3v) is 3.10. The monoisotopic (exact) mass is 249 g/mol. The average Bonchev–Trinajstić information content (AvgIpc) is 2.28. The van der Waals surface area contributed by atoms with Gasteiger partial charge in [-0.1, -0.05) is 0 Å². The molecular formula is C13H12FNO3. The molecule has 1 aromatic rings. The molecular weight excluding hydrogens is 237 g/mol. The lowest BCUT2D eigenvalue weighted by atomic mass is 9.83. The van der Waals surface area contributed by atoms with Gasteiger partial charge in [-0.15, -0.1) is 0 Å². The molecule has 0 radical (unpaired) electrons. The number of rotatable bonds is 3. The molecule has 0 saturated carbocycles. The van der Waals surface area contributed by atoms with Crippen molar-refractivity contribution in [2.45, 2.75) is 25.7 Å². The van der Waals surface area contributed by atoms with E-state index in [2.05, 4.69) is 0 Å². The van der Waals surface area contributed by atoms with Gasteiger partial charge >= 0.3 is 0 Å². The first kappa shape index (κ1) is 12.4. The van der Waals surface area contributed by atoms with Gasteiger partial charge in [0.15, 0.2) is 12.1 Å². The van der Waals surface area contributed by atoms with Crippen LogP contribution in [0.5, 0.6) is 0 Å². The highest BCUT2D eigenvalue weighted by atomic mass is 19.1. The molecule has 1 amide bonds. The number of primary amides is 1. The van der Waals surface area contributed by atoms with Gasteiger partial charge in [-0.05, 0) is 30.0 Å². The molecule has 0 heterocycles. The summed E-state index contributed by atoms with van der Waals surface area (Å²) in [6.07, 6.45) is 1.64. The van der Waals surface area contributed by atoms with Crippen LogP contribution < -0.4 is 5.73 Å². The number of ketones is 1. The van der Waals surface area contributed by atoms with E-state index < -0.39 is 11.7 Å². The van der Waals surface area contributed by atoms with Gasteiger partial charge < -0.3 is 5.73 Å². The highest BCUT2D eigenvalue weighted by Gasteiger charge is 2.26. The Balaban J connectivity index is 2.68. The summed E-state index contributed by atoms with van der Waals surface area (Å²) < 4.78 is 13.7. The number of hydrogen-bond donors (Lipinski definition) is 1. The van der Waals surface area contributed by atoms with E-state index in [1.807, 2.05) is 0 Å². The van der Waals surface area contributed by atoms with E-state index in [9.17, 15) is 18.8 Å². The summed E-state index contributed by atoms with van der Waals surface area (Å²) in [4.78, 5) is 33.7. The van der Waals surface area contributed by atoms with Gasteiger partial charge in [-0.3, -0.25) is 14.4 Å². The first-order chi connectivity index (χ1) is 8.54. The molecule has 0 spiro atoms. The average molecular weight is 249 g/mol. The van der Waals surface area contributed by atoms with E-state index in [0.29, 0.717) is 36.7 Å². The number of benzene rings is 1. The highest BCUT2D eigenvalue weighted by molar-refractivity contribution is 6.02. The Morgan fingerprint density at radius 1 is 1.44 bits per heavy atom. The van der Waals surface area contributed by atoms with Crippen molar-refractivity contribution in [3.8, 4) is 0 Å². The normalized spacial score (nSPS) is 14.2. The molecule has 5 heteroatoms. The number of nitrogens with two attached hydrogens (primary N) is 1. The van der Waals surface area contributed by atoms with Crippen molar-refractivity contribution in [3.05, 3.63) is 34.1 Å².